The standard InChI is InChI=1S/C22H22ClN3O3/c1-15-16-6-2-5-9-19(16)29-21(15)22(28)26-12-10-25(11-13-26)14-20(27)24-18-8-4-3-7-17(18)23/h2-9H,10-14H2,1H3,(H,24,27). The summed E-state index contributed by atoms with van der Waals surface area (Å²) in [6, 6.07) is 14.8. The summed E-state index contributed by atoms with van der Waals surface area (Å²) in [4.78, 5) is 29.0. The van der Waals surface area contributed by atoms with E-state index in [1.165, 1.54) is 0 Å². The van der Waals surface area contributed by atoms with Crippen molar-refractivity contribution in [1.82, 2.24) is 9.80 Å². The Hall–Kier alpha value is -2.83. The van der Waals surface area contributed by atoms with Gasteiger partial charge in [-0.3, -0.25) is 14.5 Å². The number of nitrogens with one attached hydrogen (secondary N) is 1. The lowest BCUT2D eigenvalue weighted by Crippen LogP contribution is -2.50. The van der Waals surface area contributed by atoms with Crippen molar-refractivity contribution in [1.29, 1.82) is 0 Å². The molecule has 3 aromatic rings. The molecular formula is C22H22ClN3O3. The normalized spacial score (nSPS) is 14.9. The number of anilines is 1. The lowest BCUT2D eigenvalue weighted by molar-refractivity contribution is -0.117. The molecule has 2 amide bonds. The van der Waals surface area contributed by atoms with Crippen LogP contribution in [0.3, 0.4) is 0 Å². The molecule has 150 valence electrons. The van der Waals surface area contributed by atoms with Crippen LogP contribution in [-0.2, 0) is 4.79 Å². The van der Waals surface area contributed by atoms with Gasteiger partial charge in [0, 0.05) is 37.1 Å². The molecule has 0 unspecified atom stereocenters. The van der Waals surface area contributed by atoms with Crippen molar-refractivity contribution in [2.75, 3.05) is 38.0 Å². The predicted molar refractivity (Wildman–Crippen MR) is 113 cm³/mol. The van der Waals surface area contributed by atoms with Gasteiger partial charge in [0.15, 0.2) is 5.76 Å². The van der Waals surface area contributed by atoms with Crippen LogP contribution < -0.4 is 5.32 Å². The third kappa shape index (κ3) is 4.13. The molecule has 1 saturated heterocycles. The Balaban J connectivity index is 1.34. The van der Waals surface area contributed by atoms with Gasteiger partial charge in [0.05, 0.1) is 17.3 Å². The Morgan fingerprint density at radius 3 is 2.45 bits per heavy atom. The van der Waals surface area contributed by atoms with Crippen LogP contribution in [0.4, 0.5) is 5.69 Å². The van der Waals surface area contributed by atoms with Gasteiger partial charge in [-0.25, -0.2) is 0 Å². The Morgan fingerprint density at radius 2 is 1.72 bits per heavy atom. The molecule has 1 aliphatic rings. The molecule has 0 saturated carbocycles. The summed E-state index contributed by atoms with van der Waals surface area (Å²) in [5, 5.41) is 4.31. The molecule has 6 nitrogen and oxygen atoms in total. The van der Waals surface area contributed by atoms with Gasteiger partial charge in [-0.15, -0.1) is 0 Å². The zero-order chi connectivity index (χ0) is 20.4. The average molecular weight is 412 g/mol. The molecule has 0 radical (unpaired) electrons. The van der Waals surface area contributed by atoms with Crippen molar-refractivity contribution in [3.63, 3.8) is 0 Å². The number of rotatable bonds is 4. The van der Waals surface area contributed by atoms with E-state index in [1.54, 1.807) is 17.0 Å². The van der Waals surface area contributed by atoms with Gasteiger partial charge >= 0.3 is 0 Å². The number of carbonyl (C=O) groups excluding carboxylic acids is 2. The first-order valence-corrected chi connectivity index (χ1v) is 9.95. The number of nitrogens with zero attached hydrogens (tertiary/aromatic N) is 2. The number of amides is 2. The number of furan rings is 1. The molecule has 1 aromatic heterocycles. The van der Waals surface area contributed by atoms with Crippen molar-refractivity contribution < 1.29 is 14.0 Å². The second-order valence-electron chi connectivity index (χ2n) is 7.15. The van der Waals surface area contributed by atoms with E-state index >= 15 is 0 Å². The van der Waals surface area contributed by atoms with Crippen LogP contribution in [-0.4, -0.2) is 54.3 Å². The lowest BCUT2D eigenvalue weighted by Gasteiger charge is -2.34. The maximum Gasteiger partial charge on any atom is 0.289 e. The summed E-state index contributed by atoms with van der Waals surface area (Å²) < 4.78 is 5.80. The number of carbonyl (C=O) groups is 2. The van der Waals surface area contributed by atoms with Crippen molar-refractivity contribution in [3.8, 4) is 0 Å². The number of aryl methyl sites for hydroxylation is 1. The fourth-order valence-electron chi connectivity index (χ4n) is 3.59. The molecule has 4 rings (SSSR count). The summed E-state index contributed by atoms with van der Waals surface area (Å²) in [6.45, 7) is 4.52. The Morgan fingerprint density at radius 1 is 1.03 bits per heavy atom. The Kier molecular flexibility index (Phi) is 5.56. The summed E-state index contributed by atoms with van der Waals surface area (Å²) >= 11 is 6.08. The number of hydrogen-bond acceptors (Lipinski definition) is 4. The van der Waals surface area contributed by atoms with E-state index in [4.69, 9.17) is 16.0 Å². The maximum atomic E-state index is 12.9. The monoisotopic (exact) mass is 411 g/mol. The fourth-order valence-corrected chi connectivity index (χ4v) is 3.77. The highest BCUT2D eigenvalue weighted by Gasteiger charge is 2.27. The van der Waals surface area contributed by atoms with E-state index in [0.29, 0.717) is 42.6 Å². The van der Waals surface area contributed by atoms with Gasteiger partial charge in [0.1, 0.15) is 5.58 Å². The SMILES string of the molecule is Cc1c(C(=O)N2CCN(CC(=O)Nc3ccccc3Cl)CC2)oc2ccccc12. The smallest absolute Gasteiger partial charge is 0.289 e. The summed E-state index contributed by atoms with van der Waals surface area (Å²) in [5.41, 5.74) is 2.20. The maximum absolute atomic E-state index is 12.9. The molecule has 7 heteroatoms. The fraction of sp³-hybridized carbons (Fsp3) is 0.273. The number of benzene rings is 2. The molecule has 0 atom stereocenters. The van der Waals surface area contributed by atoms with E-state index in [2.05, 4.69) is 5.32 Å². The van der Waals surface area contributed by atoms with Gasteiger partial charge in [0.25, 0.3) is 5.91 Å². The molecule has 29 heavy (non-hydrogen) atoms. The highest BCUT2D eigenvalue weighted by Crippen LogP contribution is 2.26. The van der Waals surface area contributed by atoms with Crippen molar-refractivity contribution in [2.24, 2.45) is 0 Å². The largest absolute Gasteiger partial charge is 0.451 e. The molecule has 0 aliphatic carbocycles. The first-order valence-electron chi connectivity index (χ1n) is 9.57. The van der Waals surface area contributed by atoms with Crippen molar-refractivity contribution in [2.45, 2.75) is 6.92 Å². The van der Waals surface area contributed by atoms with E-state index in [1.807, 2.05) is 48.2 Å². The van der Waals surface area contributed by atoms with Gasteiger partial charge < -0.3 is 14.6 Å². The highest BCUT2D eigenvalue weighted by atomic mass is 35.5. The highest BCUT2D eigenvalue weighted by molar-refractivity contribution is 6.33. The molecule has 2 aromatic carbocycles. The molecule has 1 aliphatic heterocycles. The number of hydrogen-bond donors (Lipinski definition) is 1. The quantitative estimate of drug-likeness (QED) is 0.709. The van der Waals surface area contributed by atoms with Crippen LogP contribution in [0.25, 0.3) is 11.0 Å². The summed E-state index contributed by atoms with van der Waals surface area (Å²) in [5.74, 6) is 0.181. The zero-order valence-electron chi connectivity index (χ0n) is 16.2. The number of halogens is 1. The van der Waals surface area contributed by atoms with Gasteiger partial charge in [0.2, 0.25) is 5.91 Å². The topological polar surface area (TPSA) is 65.8 Å². The first kappa shape index (κ1) is 19.5. The minimum Gasteiger partial charge on any atom is -0.451 e. The average Bonchev–Trinajstić information content (AvgIpc) is 3.07. The second-order valence-corrected chi connectivity index (χ2v) is 7.56. The minimum atomic E-state index is -0.119. The van der Waals surface area contributed by atoms with E-state index in [0.717, 1.165) is 16.5 Å². The lowest BCUT2D eigenvalue weighted by atomic mass is 10.1. The molecule has 0 spiro atoms. The van der Waals surface area contributed by atoms with Gasteiger partial charge in [-0.2, -0.15) is 0 Å². The van der Waals surface area contributed by atoms with Crippen LogP contribution in [0, 0.1) is 6.92 Å². The predicted octanol–water partition coefficient (Wildman–Crippen LogP) is 3.79. The van der Waals surface area contributed by atoms with Crippen LogP contribution in [0.2, 0.25) is 5.02 Å². The van der Waals surface area contributed by atoms with E-state index in [-0.39, 0.29) is 18.4 Å². The van der Waals surface area contributed by atoms with Crippen LogP contribution in [0.15, 0.2) is 52.9 Å². The Bertz CT molecular complexity index is 1050. The van der Waals surface area contributed by atoms with Gasteiger partial charge in [-0.1, -0.05) is 41.9 Å². The summed E-state index contributed by atoms with van der Waals surface area (Å²) in [6.07, 6.45) is 0. The number of para-hydroxylation sites is 2. The van der Waals surface area contributed by atoms with E-state index in [9.17, 15) is 9.59 Å². The third-order valence-electron chi connectivity index (χ3n) is 5.21. The second kappa shape index (κ2) is 8.27. The summed E-state index contributed by atoms with van der Waals surface area (Å²) in [7, 11) is 0. The number of fused-ring (bicyclic) bond motifs is 1. The van der Waals surface area contributed by atoms with Crippen molar-refractivity contribution >= 4 is 40.1 Å². The zero-order valence-corrected chi connectivity index (χ0v) is 16.9. The molecular weight excluding hydrogens is 390 g/mol. The molecule has 1 N–H and O–H groups in total. The molecule has 0 bridgehead atoms. The van der Waals surface area contributed by atoms with Gasteiger partial charge in [-0.05, 0) is 25.1 Å². The third-order valence-corrected chi connectivity index (χ3v) is 5.54. The van der Waals surface area contributed by atoms with Crippen LogP contribution in [0.1, 0.15) is 16.1 Å². The molecule has 1 fully saturated rings. The number of piperazine rings is 1. The Labute approximate surface area is 174 Å². The van der Waals surface area contributed by atoms with Crippen molar-refractivity contribution in [3.05, 3.63) is 64.9 Å². The van der Waals surface area contributed by atoms with Crippen LogP contribution >= 0.6 is 11.6 Å². The molecule has 2 heterocycles. The van der Waals surface area contributed by atoms with Crippen LogP contribution in [0.5, 0.6) is 0 Å². The van der Waals surface area contributed by atoms with E-state index < -0.39 is 0 Å². The first-order chi connectivity index (χ1) is 14.0. The minimum absolute atomic E-state index is 0.0983.